The number of esters is 1. The Labute approximate surface area is 124 Å². The molecule has 19 heavy (non-hydrogen) atoms. The highest BCUT2D eigenvalue weighted by Crippen LogP contribution is 2.19. The molecule has 106 valence electrons. The molecular weight excluding hydrogens is 330 g/mol. The molecule has 0 fully saturated rings. The predicted octanol–water partition coefficient (Wildman–Crippen LogP) is 2.09. The number of benzene rings is 1. The van der Waals surface area contributed by atoms with E-state index in [0.717, 1.165) is 10.0 Å². The van der Waals surface area contributed by atoms with E-state index in [1.807, 2.05) is 13.0 Å². The van der Waals surface area contributed by atoms with E-state index < -0.39 is 10.8 Å². The van der Waals surface area contributed by atoms with Crippen LogP contribution in [0.25, 0.3) is 0 Å². The molecule has 0 aliphatic heterocycles. The number of hydrogen-bond acceptors (Lipinski definition) is 4. The highest BCUT2D eigenvalue weighted by molar-refractivity contribution is 9.10. The molecule has 6 heteroatoms. The quantitative estimate of drug-likeness (QED) is 0.800. The van der Waals surface area contributed by atoms with Gasteiger partial charge in [-0.25, -0.2) is 4.79 Å². The van der Waals surface area contributed by atoms with Crippen molar-refractivity contribution >= 4 is 32.7 Å². The van der Waals surface area contributed by atoms with Crippen molar-refractivity contribution < 1.29 is 13.7 Å². The highest BCUT2D eigenvalue weighted by atomic mass is 79.9. The van der Waals surface area contributed by atoms with Gasteiger partial charge in [0.15, 0.2) is 0 Å². The standard InChI is InChI=1S/C13H18BrNO3S/c1-9(19(3)17)7-15-8-11-5-4-10(6-12(11)14)13(16)18-2/h4-6,9,15H,7-8H2,1-3H3. The monoisotopic (exact) mass is 347 g/mol. The van der Waals surface area contributed by atoms with Crippen LogP contribution >= 0.6 is 15.9 Å². The Kier molecular flexibility index (Phi) is 6.68. The molecule has 0 amide bonds. The second kappa shape index (κ2) is 7.77. The van der Waals surface area contributed by atoms with Crippen LogP contribution in [-0.2, 0) is 22.1 Å². The molecule has 0 heterocycles. The highest BCUT2D eigenvalue weighted by Gasteiger charge is 2.09. The molecule has 1 aromatic rings. The average molecular weight is 348 g/mol. The summed E-state index contributed by atoms with van der Waals surface area (Å²) in [5, 5.41) is 3.37. The van der Waals surface area contributed by atoms with Crippen molar-refractivity contribution in [2.75, 3.05) is 19.9 Å². The van der Waals surface area contributed by atoms with Crippen molar-refractivity contribution in [3.8, 4) is 0 Å². The second-order valence-electron chi connectivity index (χ2n) is 4.24. The minimum Gasteiger partial charge on any atom is -0.465 e. The summed E-state index contributed by atoms with van der Waals surface area (Å²) in [6.07, 6.45) is 1.70. The smallest absolute Gasteiger partial charge is 0.337 e. The zero-order chi connectivity index (χ0) is 14.4. The summed E-state index contributed by atoms with van der Waals surface area (Å²) in [5.41, 5.74) is 1.56. The van der Waals surface area contributed by atoms with E-state index in [9.17, 15) is 9.00 Å². The van der Waals surface area contributed by atoms with E-state index in [4.69, 9.17) is 0 Å². The van der Waals surface area contributed by atoms with Crippen molar-refractivity contribution in [1.82, 2.24) is 5.32 Å². The van der Waals surface area contributed by atoms with Gasteiger partial charge in [0, 0.05) is 39.9 Å². The van der Waals surface area contributed by atoms with E-state index in [2.05, 4.69) is 26.0 Å². The molecule has 0 spiro atoms. The molecule has 1 rings (SSSR count). The van der Waals surface area contributed by atoms with Gasteiger partial charge in [-0.3, -0.25) is 4.21 Å². The molecule has 2 unspecified atom stereocenters. The second-order valence-corrected chi connectivity index (χ2v) is 6.89. The molecule has 1 N–H and O–H groups in total. The molecule has 0 aliphatic carbocycles. The van der Waals surface area contributed by atoms with Gasteiger partial charge in [-0.15, -0.1) is 0 Å². The molecular formula is C13H18BrNO3S. The molecule has 0 bridgehead atoms. The zero-order valence-electron chi connectivity index (χ0n) is 11.2. The first-order chi connectivity index (χ1) is 8.95. The van der Waals surface area contributed by atoms with Crippen LogP contribution in [0.15, 0.2) is 22.7 Å². The summed E-state index contributed by atoms with van der Waals surface area (Å²) in [4.78, 5) is 11.4. The van der Waals surface area contributed by atoms with Gasteiger partial charge in [-0.1, -0.05) is 22.0 Å². The summed E-state index contributed by atoms with van der Waals surface area (Å²) in [5.74, 6) is -0.352. The van der Waals surface area contributed by atoms with Crippen molar-refractivity contribution in [1.29, 1.82) is 0 Å². The first kappa shape index (κ1) is 16.3. The van der Waals surface area contributed by atoms with Gasteiger partial charge in [0.2, 0.25) is 0 Å². The molecule has 4 nitrogen and oxygen atoms in total. The van der Waals surface area contributed by atoms with Crippen LogP contribution in [0, 0.1) is 0 Å². The summed E-state index contributed by atoms with van der Waals surface area (Å²) in [7, 11) is 0.539. The first-order valence-corrected chi connectivity index (χ1v) is 8.26. The van der Waals surface area contributed by atoms with Crippen molar-refractivity contribution in [3.63, 3.8) is 0 Å². The Morgan fingerprint density at radius 3 is 2.74 bits per heavy atom. The van der Waals surface area contributed by atoms with Gasteiger partial charge in [0.05, 0.1) is 12.7 Å². The maximum Gasteiger partial charge on any atom is 0.337 e. The molecule has 0 aliphatic rings. The fraction of sp³-hybridized carbons (Fsp3) is 0.462. The normalized spacial score (nSPS) is 13.9. The van der Waals surface area contributed by atoms with Crippen LogP contribution in [0.2, 0.25) is 0 Å². The lowest BCUT2D eigenvalue weighted by Gasteiger charge is -2.11. The van der Waals surface area contributed by atoms with Gasteiger partial charge in [-0.05, 0) is 24.6 Å². The molecule has 0 aromatic heterocycles. The van der Waals surface area contributed by atoms with Crippen LogP contribution in [0.3, 0.4) is 0 Å². The number of carbonyl (C=O) groups is 1. The average Bonchev–Trinajstić information content (AvgIpc) is 2.39. The van der Waals surface area contributed by atoms with E-state index >= 15 is 0 Å². The van der Waals surface area contributed by atoms with Crippen molar-refractivity contribution in [2.24, 2.45) is 0 Å². The van der Waals surface area contributed by atoms with Crippen molar-refractivity contribution in [3.05, 3.63) is 33.8 Å². The summed E-state index contributed by atoms with van der Waals surface area (Å²) in [6, 6.07) is 5.34. The SMILES string of the molecule is COC(=O)c1ccc(CNCC(C)S(C)=O)c(Br)c1. The van der Waals surface area contributed by atoms with Crippen LogP contribution in [0.1, 0.15) is 22.8 Å². The number of methoxy groups -OCH3 is 1. The van der Waals surface area contributed by atoms with Crippen LogP contribution in [0.4, 0.5) is 0 Å². The fourth-order valence-electron chi connectivity index (χ4n) is 1.46. The molecule has 0 saturated carbocycles. The minimum atomic E-state index is -0.820. The van der Waals surface area contributed by atoms with Crippen molar-refractivity contribution in [2.45, 2.75) is 18.7 Å². The van der Waals surface area contributed by atoms with Crippen LogP contribution < -0.4 is 5.32 Å². The summed E-state index contributed by atoms with van der Waals surface area (Å²) < 4.78 is 16.7. The Hall–Kier alpha value is -0.720. The predicted molar refractivity (Wildman–Crippen MR) is 80.7 cm³/mol. The third-order valence-corrected chi connectivity index (χ3v) is 4.83. The van der Waals surface area contributed by atoms with Gasteiger partial charge in [-0.2, -0.15) is 0 Å². The maximum absolute atomic E-state index is 11.4. The fourth-order valence-corrected chi connectivity index (χ4v) is 2.33. The van der Waals surface area contributed by atoms with Gasteiger partial charge >= 0.3 is 5.97 Å². The Balaban J connectivity index is 2.60. The number of carbonyl (C=O) groups excluding carboxylic acids is 1. The maximum atomic E-state index is 11.4. The number of hydrogen-bond donors (Lipinski definition) is 1. The van der Waals surface area contributed by atoms with Gasteiger partial charge < -0.3 is 10.1 Å². The lowest BCUT2D eigenvalue weighted by molar-refractivity contribution is 0.0600. The van der Waals surface area contributed by atoms with Crippen LogP contribution in [0.5, 0.6) is 0 Å². The zero-order valence-corrected chi connectivity index (χ0v) is 13.6. The van der Waals surface area contributed by atoms with Crippen LogP contribution in [-0.4, -0.2) is 35.3 Å². The Bertz CT molecular complexity index is 479. The molecule has 1 aromatic carbocycles. The lowest BCUT2D eigenvalue weighted by atomic mass is 10.1. The summed E-state index contributed by atoms with van der Waals surface area (Å²) in [6.45, 7) is 3.29. The molecule has 2 atom stereocenters. The summed E-state index contributed by atoms with van der Waals surface area (Å²) >= 11 is 3.43. The van der Waals surface area contributed by atoms with Gasteiger partial charge in [0.1, 0.15) is 0 Å². The Morgan fingerprint density at radius 1 is 1.53 bits per heavy atom. The number of rotatable bonds is 6. The third-order valence-electron chi connectivity index (χ3n) is 2.79. The minimum absolute atomic E-state index is 0.119. The van der Waals surface area contributed by atoms with E-state index in [1.54, 1.807) is 18.4 Å². The third kappa shape index (κ3) is 5.04. The van der Waals surface area contributed by atoms with E-state index in [0.29, 0.717) is 18.7 Å². The van der Waals surface area contributed by atoms with Gasteiger partial charge in [0.25, 0.3) is 0 Å². The van der Waals surface area contributed by atoms with E-state index in [-0.39, 0.29) is 11.2 Å². The number of halogens is 1. The number of ether oxygens (including phenoxy) is 1. The number of nitrogens with one attached hydrogen (secondary N) is 1. The van der Waals surface area contributed by atoms with E-state index in [1.165, 1.54) is 7.11 Å². The molecule has 0 saturated heterocycles. The topological polar surface area (TPSA) is 55.4 Å². The lowest BCUT2D eigenvalue weighted by Crippen LogP contribution is -2.27. The largest absolute Gasteiger partial charge is 0.465 e. The molecule has 0 radical (unpaired) electrons. The Morgan fingerprint density at radius 2 is 2.21 bits per heavy atom. The first-order valence-electron chi connectivity index (χ1n) is 5.85.